The van der Waals surface area contributed by atoms with Gasteiger partial charge in [0.25, 0.3) is 0 Å². The molecule has 1 aliphatic carbocycles. The largest absolute Gasteiger partial charge is 0.384 e. The Labute approximate surface area is 129 Å². The Morgan fingerprint density at radius 3 is 2.45 bits per heavy atom. The molecule has 20 heavy (non-hydrogen) atoms. The van der Waals surface area contributed by atoms with Crippen LogP contribution in [-0.4, -0.2) is 27.1 Å². The van der Waals surface area contributed by atoms with Gasteiger partial charge in [0.15, 0.2) is 0 Å². The first-order valence-corrected chi connectivity index (χ1v) is 8.10. The SMILES string of the molecule is CCOC1(C(O)c2c(Br)cnn2C)CCC(C)(C)CC1. The smallest absolute Gasteiger partial charge is 0.126 e. The third-order valence-corrected chi connectivity index (χ3v) is 5.19. The first kappa shape index (κ1) is 16.0. The molecule has 1 fully saturated rings. The average Bonchev–Trinajstić information content (AvgIpc) is 2.71. The highest BCUT2D eigenvalue weighted by atomic mass is 79.9. The lowest BCUT2D eigenvalue weighted by molar-refractivity contribution is -0.155. The van der Waals surface area contributed by atoms with Crippen LogP contribution >= 0.6 is 15.9 Å². The second kappa shape index (κ2) is 5.78. The maximum Gasteiger partial charge on any atom is 0.126 e. The van der Waals surface area contributed by atoms with Crippen molar-refractivity contribution in [3.63, 3.8) is 0 Å². The summed E-state index contributed by atoms with van der Waals surface area (Å²) in [5.74, 6) is 0. The monoisotopic (exact) mass is 344 g/mol. The number of hydrogen-bond acceptors (Lipinski definition) is 3. The second-order valence-electron chi connectivity index (χ2n) is 6.57. The van der Waals surface area contributed by atoms with Crippen LogP contribution in [-0.2, 0) is 11.8 Å². The molecular weight excluding hydrogens is 320 g/mol. The van der Waals surface area contributed by atoms with E-state index in [0.717, 1.165) is 35.8 Å². The Balaban J connectivity index is 2.29. The summed E-state index contributed by atoms with van der Waals surface area (Å²) in [7, 11) is 1.86. The topological polar surface area (TPSA) is 47.3 Å². The zero-order valence-electron chi connectivity index (χ0n) is 12.8. The van der Waals surface area contributed by atoms with Crippen molar-refractivity contribution in [2.45, 2.75) is 58.2 Å². The summed E-state index contributed by atoms with van der Waals surface area (Å²) in [6.07, 6.45) is 4.98. The van der Waals surface area contributed by atoms with Crippen LogP contribution in [0.1, 0.15) is 58.3 Å². The molecule has 0 amide bonds. The van der Waals surface area contributed by atoms with E-state index in [-0.39, 0.29) is 0 Å². The Bertz CT molecular complexity index is 441. The number of nitrogens with zero attached hydrogens (tertiary/aromatic N) is 2. The highest BCUT2D eigenvalue weighted by Gasteiger charge is 2.46. The minimum atomic E-state index is -0.652. The van der Waals surface area contributed by atoms with Gasteiger partial charge < -0.3 is 9.84 Å². The molecule has 1 heterocycles. The van der Waals surface area contributed by atoms with E-state index in [0.29, 0.717) is 12.0 Å². The van der Waals surface area contributed by atoms with Gasteiger partial charge in [0, 0.05) is 13.7 Å². The molecule has 0 bridgehead atoms. The van der Waals surface area contributed by atoms with Crippen LogP contribution in [0.4, 0.5) is 0 Å². The van der Waals surface area contributed by atoms with Gasteiger partial charge in [-0.1, -0.05) is 13.8 Å². The van der Waals surface area contributed by atoms with Crippen molar-refractivity contribution in [3.8, 4) is 0 Å². The molecule has 0 aliphatic heterocycles. The highest BCUT2D eigenvalue weighted by Crippen LogP contribution is 2.48. The Hall–Kier alpha value is -0.390. The fourth-order valence-electron chi connectivity index (χ4n) is 3.11. The molecule has 1 saturated carbocycles. The minimum Gasteiger partial charge on any atom is -0.384 e. The Morgan fingerprint density at radius 2 is 2.00 bits per heavy atom. The standard InChI is InChI=1S/C15H25BrN2O2/c1-5-20-15(8-6-14(2,3)7-9-15)13(19)12-11(16)10-17-18(12)4/h10,13,19H,5-9H2,1-4H3. The van der Waals surface area contributed by atoms with Crippen molar-refractivity contribution in [2.24, 2.45) is 12.5 Å². The number of ether oxygens (including phenoxy) is 1. The van der Waals surface area contributed by atoms with E-state index in [2.05, 4.69) is 34.9 Å². The molecule has 1 aromatic heterocycles. The third-order valence-electron chi connectivity index (χ3n) is 4.58. The van der Waals surface area contributed by atoms with Crippen LogP contribution in [0.15, 0.2) is 10.7 Å². The van der Waals surface area contributed by atoms with Crippen LogP contribution in [0.5, 0.6) is 0 Å². The Morgan fingerprint density at radius 1 is 1.40 bits per heavy atom. The molecule has 5 heteroatoms. The maximum atomic E-state index is 10.9. The maximum absolute atomic E-state index is 10.9. The molecule has 1 N–H and O–H groups in total. The molecule has 0 aromatic carbocycles. The highest BCUT2D eigenvalue weighted by molar-refractivity contribution is 9.10. The van der Waals surface area contributed by atoms with Crippen molar-refractivity contribution in [1.29, 1.82) is 0 Å². The quantitative estimate of drug-likeness (QED) is 0.907. The molecule has 0 radical (unpaired) electrons. The average molecular weight is 345 g/mol. The Kier molecular flexibility index (Phi) is 4.62. The zero-order valence-corrected chi connectivity index (χ0v) is 14.4. The molecule has 114 valence electrons. The van der Waals surface area contributed by atoms with E-state index in [4.69, 9.17) is 4.74 Å². The van der Waals surface area contributed by atoms with Crippen molar-refractivity contribution in [1.82, 2.24) is 9.78 Å². The van der Waals surface area contributed by atoms with Gasteiger partial charge in [0.05, 0.1) is 22.0 Å². The molecule has 0 spiro atoms. The van der Waals surface area contributed by atoms with Gasteiger partial charge in [0.1, 0.15) is 6.10 Å². The van der Waals surface area contributed by atoms with Gasteiger partial charge >= 0.3 is 0 Å². The predicted molar refractivity (Wildman–Crippen MR) is 82.5 cm³/mol. The zero-order chi connectivity index (χ0) is 15.0. The molecular formula is C15H25BrN2O2. The van der Waals surface area contributed by atoms with Crippen molar-refractivity contribution < 1.29 is 9.84 Å². The van der Waals surface area contributed by atoms with Gasteiger partial charge in [-0.05, 0) is 54.0 Å². The second-order valence-corrected chi connectivity index (χ2v) is 7.42. The van der Waals surface area contributed by atoms with Crippen LogP contribution in [0, 0.1) is 5.41 Å². The molecule has 1 aliphatic rings. The number of aliphatic hydroxyl groups excluding tert-OH is 1. The summed E-state index contributed by atoms with van der Waals surface area (Å²) in [5, 5.41) is 15.1. The van der Waals surface area contributed by atoms with Crippen LogP contribution in [0.2, 0.25) is 0 Å². The van der Waals surface area contributed by atoms with E-state index >= 15 is 0 Å². The predicted octanol–water partition coefficient (Wildman–Crippen LogP) is 3.59. The van der Waals surface area contributed by atoms with E-state index in [9.17, 15) is 5.11 Å². The first-order valence-electron chi connectivity index (χ1n) is 7.31. The van der Waals surface area contributed by atoms with Crippen LogP contribution in [0.3, 0.4) is 0 Å². The summed E-state index contributed by atoms with van der Waals surface area (Å²) in [4.78, 5) is 0. The summed E-state index contributed by atoms with van der Waals surface area (Å²) in [6, 6.07) is 0. The fraction of sp³-hybridized carbons (Fsp3) is 0.800. The van der Waals surface area contributed by atoms with Gasteiger partial charge in [-0.2, -0.15) is 5.10 Å². The fourth-order valence-corrected chi connectivity index (χ4v) is 3.68. The summed E-state index contributed by atoms with van der Waals surface area (Å²) >= 11 is 3.48. The molecule has 1 unspecified atom stereocenters. The van der Waals surface area contributed by atoms with E-state index < -0.39 is 11.7 Å². The molecule has 1 aromatic rings. The number of hydrogen-bond donors (Lipinski definition) is 1. The van der Waals surface area contributed by atoms with Crippen molar-refractivity contribution in [3.05, 3.63) is 16.4 Å². The number of halogens is 1. The van der Waals surface area contributed by atoms with Gasteiger partial charge in [-0.15, -0.1) is 0 Å². The van der Waals surface area contributed by atoms with Crippen LogP contribution in [0.25, 0.3) is 0 Å². The number of aromatic nitrogens is 2. The first-order chi connectivity index (χ1) is 9.31. The van der Waals surface area contributed by atoms with E-state index in [1.807, 2.05) is 14.0 Å². The van der Waals surface area contributed by atoms with E-state index in [1.165, 1.54) is 0 Å². The third kappa shape index (κ3) is 2.95. The number of aryl methyl sites for hydroxylation is 1. The van der Waals surface area contributed by atoms with Crippen molar-refractivity contribution >= 4 is 15.9 Å². The molecule has 0 saturated heterocycles. The lowest BCUT2D eigenvalue weighted by atomic mass is 9.68. The number of rotatable bonds is 4. The lowest BCUT2D eigenvalue weighted by Gasteiger charge is -2.45. The van der Waals surface area contributed by atoms with Gasteiger partial charge in [-0.3, -0.25) is 4.68 Å². The summed E-state index contributed by atoms with van der Waals surface area (Å²) < 4.78 is 8.62. The van der Waals surface area contributed by atoms with Crippen LogP contribution < -0.4 is 0 Å². The van der Waals surface area contributed by atoms with Crippen molar-refractivity contribution in [2.75, 3.05) is 6.61 Å². The minimum absolute atomic E-state index is 0.337. The number of aliphatic hydroxyl groups is 1. The van der Waals surface area contributed by atoms with E-state index in [1.54, 1.807) is 10.9 Å². The summed E-state index contributed by atoms with van der Waals surface area (Å²) in [6.45, 7) is 7.18. The lowest BCUT2D eigenvalue weighted by Crippen LogP contribution is -2.45. The molecule has 1 atom stereocenters. The normalized spacial score (nSPS) is 22.7. The van der Waals surface area contributed by atoms with Gasteiger partial charge in [0.2, 0.25) is 0 Å². The molecule has 4 nitrogen and oxygen atoms in total. The molecule has 2 rings (SSSR count). The van der Waals surface area contributed by atoms with Gasteiger partial charge in [-0.25, -0.2) is 0 Å². The summed E-state index contributed by atoms with van der Waals surface area (Å²) in [5.41, 5.74) is 0.656.